The number of carbonyl (C=O) groups is 1. The van der Waals surface area contributed by atoms with Crippen molar-refractivity contribution < 1.29 is 23.7 Å². The molecule has 0 aromatic rings. The van der Waals surface area contributed by atoms with Crippen LogP contribution in [0, 0.1) is 5.92 Å². The van der Waals surface area contributed by atoms with Gasteiger partial charge in [-0.1, -0.05) is 11.6 Å². The van der Waals surface area contributed by atoms with Gasteiger partial charge in [-0.25, -0.2) is 4.79 Å². The first kappa shape index (κ1) is 25.4. The summed E-state index contributed by atoms with van der Waals surface area (Å²) in [4.78, 5) is 14.9. The summed E-state index contributed by atoms with van der Waals surface area (Å²) in [6.45, 7) is 11.7. The summed E-state index contributed by atoms with van der Waals surface area (Å²) < 4.78 is 24.1. The maximum atomic E-state index is 12.7. The van der Waals surface area contributed by atoms with Crippen LogP contribution in [0.2, 0.25) is 0 Å². The SMILES string of the molecule is CNCCN(C)CC(C)NC(=O)OC1CC[C@]2(CO2)C([C@]2(C)O[C@@H]2CC=C(C)C)C1OC. The molecule has 0 bridgehead atoms. The Morgan fingerprint density at radius 3 is 2.69 bits per heavy atom. The number of amides is 1. The molecular weight excluding hydrogens is 410 g/mol. The maximum absolute atomic E-state index is 12.7. The lowest BCUT2D eigenvalue weighted by molar-refractivity contribution is -0.118. The van der Waals surface area contributed by atoms with E-state index in [9.17, 15) is 4.79 Å². The van der Waals surface area contributed by atoms with Crippen LogP contribution in [-0.4, -0.2) is 94.0 Å². The fraction of sp³-hybridized carbons (Fsp3) is 0.875. The van der Waals surface area contributed by atoms with Crippen molar-refractivity contribution in [1.29, 1.82) is 0 Å². The van der Waals surface area contributed by atoms with E-state index in [2.05, 4.69) is 42.4 Å². The van der Waals surface area contributed by atoms with Crippen molar-refractivity contribution in [3.05, 3.63) is 11.6 Å². The van der Waals surface area contributed by atoms with E-state index < -0.39 is 0 Å². The Morgan fingerprint density at radius 2 is 2.09 bits per heavy atom. The number of methoxy groups -OCH3 is 1. The summed E-state index contributed by atoms with van der Waals surface area (Å²) >= 11 is 0. The number of epoxide rings is 2. The lowest BCUT2D eigenvalue weighted by Gasteiger charge is -2.42. The zero-order chi connectivity index (χ0) is 23.5. The van der Waals surface area contributed by atoms with Gasteiger partial charge >= 0.3 is 6.09 Å². The molecule has 0 aromatic carbocycles. The molecule has 4 unspecified atom stereocenters. The molecule has 3 fully saturated rings. The van der Waals surface area contributed by atoms with Crippen molar-refractivity contribution in [2.75, 3.05) is 47.4 Å². The fourth-order valence-corrected chi connectivity index (χ4v) is 5.35. The van der Waals surface area contributed by atoms with Crippen molar-refractivity contribution in [2.45, 2.75) is 82.5 Å². The number of ether oxygens (including phenoxy) is 4. The Hall–Kier alpha value is -1.19. The molecule has 2 aliphatic heterocycles. The van der Waals surface area contributed by atoms with Gasteiger partial charge in [0.05, 0.1) is 18.6 Å². The van der Waals surface area contributed by atoms with E-state index in [1.807, 2.05) is 21.0 Å². The van der Waals surface area contributed by atoms with Crippen molar-refractivity contribution in [1.82, 2.24) is 15.5 Å². The molecule has 3 aliphatic rings. The molecule has 2 heterocycles. The van der Waals surface area contributed by atoms with Crippen molar-refractivity contribution in [3.63, 3.8) is 0 Å². The van der Waals surface area contributed by atoms with Crippen molar-refractivity contribution >= 4 is 6.09 Å². The lowest BCUT2D eigenvalue weighted by Crippen LogP contribution is -2.56. The summed E-state index contributed by atoms with van der Waals surface area (Å²) in [5.74, 6) is 0.0345. The number of nitrogens with one attached hydrogen (secondary N) is 2. The summed E-state index contributed by atoms with van der Waals surface area (Å²) in [5.41, 5.74) is 0.746. The molecule has 1 saturated carbocycles. The molecule has 1 aliphatic carbocycles. The lowest BCUT2D eigenvalue weighted by atomic mass is 9.68. The van der Waals surface area contributed by atoms with Crippen LogP contribution in [0.25, 0.3) is 0 Å². The van der Waals surface area contributed by atoms with E-state index in [-0.39, 0.29) is 47.6 Å². The molecule has 8 heteroatoms. The van der Waals surface area contributed by atoms with E-state index in [1.165, 1.54) is 5.57 Å². The molecule has 3 rings (SSSR count). The van der Waals surface area contributed by atoms with Gasteiger partial charge in [0.15, 0.2) is 0 Å². The van der Waals surface area contributed by atoms with E-state index in [4.69, 9.17) is 18.9 Å². The van der Waals surface area contributed by atoms with Gasteiger partial charge in [-0.3, -0.25) is 0 Å². The average Bonchev–Trinajstić information content (AvgIpc) is 3.63. The predicted molar refractivity (Wildman–Crippen MR) is 124 cm³/mol. The highest BCUT2D eigenvalue weighted by Crippen LogP contribution is 2.59. The van der Waals surface area contributed by atoms with E-state index in [1.54, 1.807) is 7.11 Å². The molecule has 8 nitrogen and oxygen atoms in total. The minimum absolute atomic E-state index is 0.0134. The minimum Gasteiger partial charge on any atom is -0.443 e. The van der Waals surface area contributed by atoms with Gasteiger partial charge in [0, 0.05) is 32.8 Å². The highest BCUT2D eigenvalue weighted by Gasteiger charge is 2.72. The van der Waals surface area contributed by atoms with Crippen molar-refractivity contribution in [3.8, 4) is 0 Å². The topological polar surface area (TPSA) is 87.9 Å². The van der Waals surface area contributed by atoms with Gasteiger partial charge < -0.3 is 34.5 Å². The van der Waals surface area contributed by atoms with Crippen LogP contribution in [0.1, 0.15) is 47.0 Å². The summed E-state index contributed by atoms with van der Waals surface area (Å²) in [7, 11) is 5.68. The third kappa shape index (κ3) is 5.83. The first-order chi connectivity index (χ1) is 15.1. The van der Waals surface area contributed by atoms with Gasteiger partial charge in [0.25, 0.3) is 0 Å². The summed E-state index contributed by atoms with van der Waals surface area (Å²) in [6.07, 6.45) is 3.86. The third-order valence-electron chi connectivity index (χ3n) is 7.19. The second kappa shape index (κ2) is 10.4. The van der Waals surface area contributed by atoms with Crippen LogP contribution in [0.15, 0.2) is 11.6 Å². The van der Waals surface area contributed by atoms with Gasteiger partial charge in [0.1, 0.15) is 23.4 Å². The number of hydrogen-bond acceptors (Lipinski definition) is 7. The zero-order valence-corrected chi connectivity index (χ0v) is 20.9. The van der Waals surface area contributed by atoms with Crippen LogP contribution < -0.4 is 10.6 Å². The number of hydrogen-bond donors (Lipinski definition) is 2. The Bertz CT molecular complexity index is 679. The Balaban J connectivity index is 1.59. The van der Waals surface area contributed by atoms with Gasteiger partial charge in [-0.2, -0.15) is 0 Å². The Kier molecular flexibility index (Phi) is 8.25. The zero-order valence-electron chi connectivity index (χ0n) is 20.9. The monoisotopic (exact) mass is 453 g/mol. The van der Waals surface area contributed by atoms with Gasteiger partial charge in [0.2, 0.25) is 0 Å². The number of likely N-dealkylation sites (N-methyl/N-ethyl adjacent to an activating group) is 2. The molecule has 32 heavy (non-hydrogen) atoms. The highest BCUT2D eigenvalue weighted by molar-refractivity contribution is 5.67. The second-order valence-electron chi connectivity index (χ2n) is 10.2. The quantitative estimate of drug-likeness (QED) is 0.367. The molecular formula is C24H43N3O5. The number of allylic oxidation sites excluding steroid dienone is 1. The smallest absolute Gasteiger partial charge is 0.407 e. The standard InChI is InChI=1S/C24H43N3O5/c1-16(2)8-9-19-23(4,32-19)21-20(29-7)18(10-11-24(21)15-30-24)31-22(28)26-17(3)14-27(6)13-12-25-5/h8,17-21,25H,9-15H2,1-7H3,(H,26,28)/t17?,18?,19-,20?,21?,23-,24+/m1/s1. The number of alkyl carbamates (subject to hydrolysis) is 1. The Morgan fingerprint density at radius 1 is 1.38 bits per heavy atom. The maximum Gasteiger partial charge on any atom is 0.407 e. The molecule has 2 saturated heterocycles. The number of nitrogens with zero attached hydrogens (tertiary/aromatic N) is 1. The third-order valence-corrected chi connectivity index (χ3v) is 7.19. The average molecular weight is 454 g/mol. The van der Waals surface area contributed by atoms with E-state index in [0.29, 0.717) is 0 Å². The highest BCUT2D eigenvalue weighted by atomic mass is 16.6. The normalized spacial score (nSPS) is 36.6. The molecule has 1 amide bonds. The van der Waals surface area contributed by atoms with Gasteiger partial charge in [-0.05, 0) is 61.1 Å². The van der Waals surface area contributed by atoms with Crippen LogP contribution in [0.3, 0.4) is 0 Å². The van der Waals surface area contributed by atoms with Crippen LogP contribution in [0.5, 0.6) is 0 Å². The number of rotatable bonds is 11. The molecule has 0 aromatic heterocycles. The first-order valence-corrected chi connectivity index (χ1v) is 11.9. The second-order valence-corrected chi connectivity index (χ2v) is 10.2. The molecule has 7 atom stereocenters. The molecule has 0 radical (unpaired) electrons. The first-order valence-electron chi connectivity index (χ1n) is 11.9. The van der Waals surface area contributed by atoms with Crippen LogP contribution in [-0.2, 0) is 18.9 Å². The summed E-state index contributed by atoms with van der Waals surface area (Å²) in [5, 5.41) is 6.11. The van der Waals surface area contributed by atoms with E-state index in [0.717, 1.165) is 45.5 Å². The van der Waals surface area contributed by atoms with Crippen LogP contribution in [0.4, 0.5) is 4.79 Å². The van der Waals surface area contributed by atoms with Crippen LogP contribution >= 0.6 is 0 Å². The van der Waals surface area contributed by atoms with Gasteiger partial charge in [-0.15, -0.1) is 0 Å². The van der Waals surface area contributed by atoms with E-state index >= 15 is 0 Å². The fourth-order valence-electron chi connectivity index (χ4n) is 5.35. The minimum atomic E-state index is -0.388. The summed E-state index contributed by atoms with van der Waals surface area (Å²) in [6, 6.07) is -0.0134. The molecule has 1 spiro atoms. The molecule has 2 N–H and O–H groups in total. The largest absolute Gasteiger partial charge is 0.443 e. The number of carbonyl (C=O) groups excluding carboxylic acids is 1. The van der Waals surface area contributed by atoms with Crippen molar-refractivity contribution in [2.24, 2.45) is 5.92 Å². The predicted octanol–water partition coefficient (Wildman–Crippen LogP) is 2.33. The molecule has 184 valence electrons. The Labute approximate surface area is 193 Å².